The highest BCUT2D eigenvalue weighted by Gasteiger charge is 2.31. The Bertz CT molecular complexity index is 797. The highest BCUT2D eigenvalue weighted by molar-refractivity contribution is 5.91. The van der Waals surface area contributed by atoms with E-state index in [1.54, 1.807) is 0 Å². The van der Waals surface area contributed by atoms with E-state index in [9.17, 15) is 4.79 Å². The van der Waals surface area contributed by atoms with E-state index < -0.39 is 0 Å². The van der Waals surface area contributed by atoms with Crippen LogP contribution in [0, 0.1) is 5.41 Å². The lowest BCUT2D eigenvalue weighted by Gasteiger charge is -2.28. The summed E-state index contributed by atoms with van der Waals surface area (Å²) in [4.78, 5) is 16.0. The van der Waals surface area contributed by atoms with Gasteiger partial charge in [-0.25, -0.2) is 5.43 Å². The lowest BCUT2D eigenvalue weighted by Crippen LogP contribution is -2.48. The monoisotopic (exact) mass is 326 g/mol. The summed E-state index contributed by atoms with van der Waals surface area (Å²) in [7, 11) is 0. The minimum absolute atomic E-state index is 0.0510. The number of benzene rings is 1. The molecular weight excluding hydrogens is 300 g/mol. The fourth-order valence-corrected chi connectivity index (χ4v) is 3.01. The van der Waals surface area contributed by atoms with Gasteiger partial charge in [0.05, 0.1) is 6.04 Å². The summed E-state index contributed by atoms with van der Waals surface area (Å²) in [6.45, 7) is 10.3. The van der Waals surface area contributed by atoms with E-state index in [-0.39, 0.29) is 23.4 Å². The standard InChI is InChI=1S/C19H26N4O/c1-11-17-14(13-8-6-7-9-15(13)21-17)10-16(20-11)18(24)23-22-12(2)19(3,4)5/h6-9,11,16,20-21H,10H2,1-5H3,(H,23,24)/b22-12+. The Labute approximate surface area is 142 Å². The molecule has 0 spiro atoms. The second-order valence-corrected chi connectivity index (χ2v) is 7.63. The Morgan fingerprint density at radius 1 is 1.29 bits per heavy atom. The van der Waals surface area contributed by atoms with Crippen molar-refractivity contribution in [1.29, 1.82) is 0 Å². The molecule has 5 heteroatoms. The minimum atomic E-state index is -0.275. The van der Waals surface area contributed by atoms with Crippen LogP contribution in [0.15, 0.2) is 29.4 Å². The number of para-hydroxylation sites is 1. The molecule has 0 radical (unpaired) electrons. The normalized spacial score (nSPS) is 21.6. The van der Waals surface area contributed by atoms with Gasteiger partial charge in [-0.05, 0) is 31.9 Å². The van der Waals surface area contributed by atoms with Crippen LogP contribution >= 0.6 is 0 Å². The van der Waals surface area contributed by atoms with Crippen LogP contribution in [-0.2, 0) is 11.2 Å². The minimum Gasteiger partial charge on any atom is -0.357 e. The number of hydrazone groups is 1. The van der Waals surface area contributed by atoms with Crippen molar-refractivity contribution < 1.29 is 4.79 Å². The molecule has 1 aromatic carbocycles. The van der Waals surface area contributed by atoms with E-state index in [1.807, 2.05) is 19.1 Å². The van der Waals surface area contributed by atoms with E-state index >= 15 is 0 Å². The SMILES string of the molecule is C/C(=N\NC(=O)C1Cc2c([nH]c3ccccc23)C(C)N1)C(C)(C)C. The number of aromatic nitrogens is 1. The largest absolute Gasteiger partial charge is 0.357 e. The van der Waals surface area contributed by atoms with E-state index in [2.05, 4.69) is 60.7 Å². The number of rotatable bonds is 2. The quantitative estimate of drug-likeness (QED) is 0.585. The summed E-state index contributed by atoms with van der Waals surface area (Å²) in [5.41, 5.74) is 7.11. The Balaban J connectivity index is 1.81. The number of H-pyrrole nitrogens is 1. The third-order valence-corrected chi connectivity index (χ3v) is 4.87. The number of hydrogen-bond donors (Lipinski definition) is 3. The zero-order valence-corrected chi connectivity index (χ0v) is 15.0. The molecule has 2 atom stereocenters. The molecule has 3 rings (SSSR count). The van der Waals surface area contributed by atoms with Gasteiger partial charge in [0.2, 0.25) is 0 Å². The molecule has 2 aromatic rings. The van der Waals surface area contributed by atoms with Gasteiger partial charge in [0.15, 0.2) is 0 Å². The zero-order valence-electron chi connectivity index (χ0n) is 15.0. The summed E-state index contributed by atoms with van der Waals surface area (Å²) in [5, 5.41) is 8.86. The van der Waals surface area contributed by atoms with Gasteiger partial charge in [-0.2, -0.15) is 5.10 Å². The predicted molar refractivity (Wildman–Crippen MR) is 98.0 cm³/mol. The van der Waals surface area contributed by atoms with Crippen molar-refractivity contribution in [3.63, 3.8) is 0 Å². The van der Waals surface area contributed by atoms with Crippen molar-refractivity contribution in [3.8, 4) is 0 Å². The Morgan fingerprint density at radius 2 is 2.00 bits per heavy atom. The lowest BCUT2D eigenvalue weighted by molar-refractivity contribution is -0.123. The first-order chi connectivity index (χ1) is 11.3. The number of hydrogen-bond acceptors (Lipinski definition) is 3. The van der Waals surface area contributed by atoms with Gasteiger partial charge >= 0.3 is 0 Å². The van der Waals surface area contributed by atoms with Crippen LogP contribution in [0.3, 0.4) is 0 Å². The van der Waals surface area contributed by atoms with Gasteiger partial charge in [-0.15, -0.1) is 0 Å². The molecule has 0 bridgehead atoms. The molecule has 1 amide bonds. The number of aromatic amines is 1. The molecule has 5 nitrogen and oxygen atoms in total. The van der Waals surface area contributed by atoms with Crippen LogP contribution < -0.4 is 10.7 Å². The summed E-state index contributed by atoms with van der Waals surface area (Å²) < 4.78 is 0. The maximum Gasteiger partial charge on any atom is 0.257 e. The van der Waals surface area contributed by atoms with Gasteiger partial charge in [0.1, 0.15) is 0 Å². The first-order valence-corrected chi connectivity index (χ1v) is 8.47. The Kier molecular flexibility index (Phi) is 4.22. The maximum atomic E-state index is 12.6. The molecule has 128 valence electrons. The molecule has 1 aromatic heterocycles. The molecule has 3 N–H and O–H groups in total. The van der Waals surface area contributed by atoms with Crippen molar-refractivity contribution in [2.24, 2.45) is 10.5 Å². The van der Waals surface area contributed by atoms with Crippen LogP contribution in [0.5, 0.6) is 0 Å². The number of fused-ring (bicyclic) bond motifs is 3. The van der Waals surface area contributed by atoms with Crippen LogP contribution in [0.2, 0.25) is 0 Å². The van der Waals surface area contributed by atoms with Crippen molar-refractivity contribution in [1.82, 2.24) is 15.7 Å². The molecule has 24 heavy (non-hydrogen) atoms. The molecule has 0 saturated carbocycles. The Morgan fingerprint density at radius 3 is 2.71 bits per heavy atom. The van der Waals surface area contributed by atoms with Gasteiger partial charge in [0.25, 0.3) is 5.91 Å². The number of carbonyl (C=O) groups excluding carboxylic acids is 1. The third-order valence-electron chi connectivity index (χ3n) is 4.87. The highest BCUT2D eigenvalue weighted by Crippen LogP contribution is 2.31. The van der Waals surface area contributed by atoms with Crippen LogP contribution in [0.4, 0.5) is 0 Å². The fraction of sp³-hybridized carbons (Fsp3) is 0.474. The number of amides is 1. The van der Waals surface area contributed by atoms with E-state index in [1.165, 1.54) is 16.6 Å². The first-order valence-electron chi connectivity index (χ1n) is 8.47. The van der Waals surface area contributed by atoms with Crippen molar-refractivity contribution in [2.45, 2.75) is 53.1 Å². The average molecular weight is 326 g/mol. The van der Waals surface area contributed by atoms with Crippen molar-refractivity contribution in [2.75, 3.05) is 0 Å². The molecule has 1 aliphatic rings. The number of nitrogens with zero attached hydrogens (tertiary/aromatic N) is 1. The maximum absolute atomic E-state index is 12.6. The molecule has 0 aliphatic carbocycles. The number of carbonyl (C=O) groups is 1. The van der Waals surface area contributed by atoms with Crippen molar-refractivity contribution >= 4 is 22.5 Å². The zero-order chi connectivity index (χ0) is 17.5. The molecule has 2 unspecified atom stereocenters. The smallest absolute Gasteiger partial charge is 0.257 e. The van der Waals surface area contributed by atoms with Crippen LogP contribution in [0.1, 0.15) is 51.9 Å². The molecular formula is C19H26N4O. The summed E-state index contributed by atoms with van der Waals surface area (Å²) in [5.74, 6) is -0.0821. The molecule has 0 saturated heterocycles. The third kappa shape index (κ3) is 3.08. The van der Waals surface area contributed by atoms with E-state index in [0.717, 1.165) is 11.2 Å². The van der Waals surface area contributed by atoms with E-state index in [0.29, 0.717) is 6.42 Å². The predicted octanol–water partition coefficient (Wildman–Crippen LogP) is 3.28. The molecule has 2 heterocycles. The molecule has 1 aliphatic heterocycles. The fourth-order valence-electron chi connectivity index (χ4n) is 3.01. The first kappa shape index (κ1) is 16.7. The summed E-state index contributed by atoms with van der Waals surface area (Å²) in [6, 6.07) is 8.07. The van der Waals surface area contributed by atoms with Crippen molar-refractivity contribution in [3.05, 3.63) is 35.5 Å². The molecule has 0 fully saturated rings. The topological polar surface area (TPSA) is 69.3 Å². The van der Waals surface area contributed by atoms with Gasteiger partial charge < -0.3 is 4.98 Å². The van der Waals surface area contributed by atoms with Gasteiger partial charge in [-0.1, -0.05) is 39.0 Å². The second-order valence-electron chi connectivity index (χ2n) is 7.63. The second kappa shape index (κ2) is 6.06. The van der Waals surface area contributed by atoms with Crippen LogP contribution in [-0.4, -0.2) is 22.6 Å². The summed E-state index contributed by atoms with van der Waals surface area (Å²) in [6.07, 6.45) is 0.666. The average Bonchev–Trinajstić information content (AvgIpc) is 2.90. The highest BCUT2D eigenvalue weighted by atomic mass is 16.2. The Hall–Kier alpha value is -2.14. The van der Waals surface area contributed by atoms with Crippen LogP contribution in [0.25, 0.3) is 10.9 Å². The lowest BCUT2D eigenvalue weighted by atomic mass is 9.91. The summed E-state index contributed by atoms with van der Waals surface area (Å²) >= 11 is 0. The van der Waals surface area contributed by atoms with E-state index in [4.69, 9.17) is 0 Å². The number of nitrogens with one attached hydrogen (secondary N) is 3. The van der Waals surface area contributed by atoms with Gasteiger partial charge in [0, 0.05) is 33.8 Å². The van der Waals surface area contributed by atoms with Gasteiger partial charge in [-0.3, -0.25) is 10.1 Å².